The van der Waals surface area contributed by atoms with Gasteiger partial charge in [0.2, 0.25) is 5.91 Å². The van der Waals surface area contributed by atoms with Crippen molar-refractivity contribution in [3.05, 3.63) is 29.6 Å². The molecule has 0 bridgehead atoms. The lowest BCUT2D eigenvalue weighted by molar-refractivity contribution is -0.131. The summed E-state index contributed by atoms with van der Waals surface area (Å²) in [6, 6.07) is 3.91. The first kappa shape index (κ1) is 12.0. The largest absolute Gasteiger partial charge is 0.338 e. The standard InChI is InChI=1S/C13H19N3O/c14-9-12-11(5-4-7-15-12)10-16-8-3-1-2-6-13(16)17/h4-5,7H,1-3,6,8-10,14H2. The fourth-order valence-corrected chi connectivity index (χ4v) is 2.21. The molecule has 2 heterocycles. The van der Waals surface area contributed by atoms with Crippen molar-refractivity contribution < 1.29 is 4.79 Å². The molecule has 0 saturated carbocycles. The van der Waals surface area contributed by atoms with Crippen molar-refractivity contribution >= 4 is 5.91 Å². The average molecular weight is 233 g/mol. The second-order valence-electron chi connectivity index (χ2n) is 4.44. The Kier molecular flexibility index (Phi) is 4.09. The number of aromatic nitrogens is 1. The van der Waals surface area contributed by atoms with E-state index < -0.39 is 0 Å². The number of pyridine rings is 1. The zero-order valence-corrected chi connectivity index (χ0v) is 10.1. The lowest BCUT2D eigenvalue weighted by Crippen LogP contribution is -2.30. The average Bonchev–Trinajstić information content (AvgIpc) is 2.56. The highest BCUT2D eigenvalue weighted by Crippen LogP contribution is 2.15. The number of likely N-dealkylation sites (tertiary alicyclic amines) is 1. The molecule has 92 valence electrons. The zero-order chi connectivity index (χ0) is 12.1. The van der Waals surface area contributed by atoms with E-state index in [1.807, 2.05) is 17.0 Å². The molecule has 0 aromatic carbocycles. The topological polar surface area (TPSA) is 59.2 Å². The summed E-state index contributed by atoms with van der Waals surface area (Å²) >= 11 is 0. The van der Waals surface area contributed by atoms with E-state index >= 15 is 0 Å². The van der Waals surface area contributed by atoms with Crippen molar-refractivity contribution in [3.63, 3.8) is 0 Å². The molecule has 0 spiro atoms. The molecule has 17 heavy (non-hydrogen) atoms. The normalized spacial score (nSPS) is 17.0. The maximum Gasteiger partial charge on any atom is 0.222 e. The Morgan fingerprint density at radius 1 is 1.35 bits per heavy atom. The Labute approximate surface area is 102 Å². The Hall–Kier alpha value is -1.42. The highest BCUT2D eigenvalue weighted by molar-refractivity contribution is 5.76. The lowest BCUT2D eigenvalue weighted by atomic mass is 10.1. The Balaban J connectivity index is 2.10. The van der Waals surface area contributed by atoms with Gasteiger partial charge in [0.1, 0.15) is 0 Å². The molecule has 4 heteroatoms. The van der Waals surface area contributed by atoms with Crippen LogP contribution in [0, 0.1) is 0 Å². The molecule has 1 amide bonds. The summed E-state index contributed by atoms with van der Waals surface area (Å²) in [7, 11) is 0. The van der Waals surface area contributed by atoms with Gasteiger partial charge in [-0.1, -0.05) is 12.5 Å². The van der Waals surface area contributed by atoms with Crippen LogP contribution in [-0.2, 0) is 17.9 Å². The molecule has 0 radical (unpaired) electrons. The Morgan fingerprint density at radius 2 is 2.24 bits per heavy atom. The number of hydrogen-bond acceptors (Lipinski definition) is 3. The number of nitrogens with two attached hydrogens (primary N) is 1. The van der Waals surface area contributed by atoms with Crippen LogP contribution in [-0.4, -0.2) is 22.3 Å². The minimum atomic E-state index is 0.259. The van der Waals surface area contributed by atoms with Gasteiger partial charge in [0.15, 0.2) is 0 Å². The van der Waals surface area contributed by atoms with Crippen LogP contribution in [0.3, 0.4) is 0 Å². The monoisotopic (exact) mass is 233 g/mol. The molecule has 1 saturated heterocycles. The fourth-order valence-electron chi connectivity index (χ4n) is 2.21. The van der Waals surface area contributed by atoms with E-state index in [2.05, 4.69) is 4.98 Å². The van der Waals surface area contributed by atoms with Gasteiger partial charge in [-0.05, 0) is 24.5 Å². The van der Waals surface area contributed by atoms with Crippen molar-refractivity contribution in [3.8, 4) is 0 Å². The Bertz CT molecular complexity index is 392. The molecule has 1 aliphatic heterocycles. The van der Waals surface area contributed by atoms with E-state index in [1.54, 1.807) is 6.20 Å². The van der Waals surface area contributed by atoms with E-state index in [0.29, 0.717) is 19.5 Å². The first-order valence-electron chi connectivity index (χ1n) is 6.22. The van der Waals surface area contributed by atoms with Gasteiger partial charge in [0.25, 0.3) is 0 Å². The van der Waals surface area contributed by atoms with Crippen molar-refractivity contribution in [1.29, 1.82) is 0 Å². The minimum absolute atomic E-state index is 0.259. The van der Waals surface area contributed by atoms with Crippen molar-refractivity contribution in [1.82, 2.24) is 9.88 Å². The van der Waals surface area contributed by atoms with Crippen LogP contribution in [0.15, 0.2) is 18.3 Å². The summed E-state index contributed by atoms with van der Waals surface area (Å²) in [4.78, 5) is 18.1. The van der Waals surface area contributed by atoms with Gasteiger partial charge in [-0.25, -0.2) is 0 Å². The molecule has 1 aromatic heterocycles. The van der Waals surface area contributed by atoms with Crippen LogP contribution < -0.4 is 5.73 Å². The van der Waals surface area contributed by atoms with Gasteiger partial charge in [0, 0.05) is 32.3 Å². The predicted molar refractivity (Wildman–Crippen MR) is 66.0 cm³/mol. The molecular weight excluding hydrogens is 214 g/mol. The maximum absolute atomic E-state index is 11.9. The number of nitrogens with zero attached hydrogens (tertiary/aromatic N) is 2. The molecule has 0 unspecified atom stereocenters. The van der Waals surface area contributed by atoms with Crippen molar-refractivity contribution in [2.24, 2.45) is 5.73 Å². The molecule has 1 aliphatic rings. The Morgan fingerprint density at radius 3 is 3.06 bits per heavy atom. The number of amides is 1. The third-order valence-corrected chi connectivity index (χ3v) is 3.21. The molecule has 2 rings (SSSR count). The fraction of sp³-hybridized carbons (Fsp3) is 0.538. The first-order chi connectivity index (χ1) is 8.31. The first-order valence-corrected chi connectivity index (χ1v) is 6.22. The lowest BCUT2D eigenvalue weighted by Gasteiger charge is -2.21. The van der Waals surface area contributed by atoms with Gasteiger partial charge in [-0.15, -0.1) is 0 Å². The predicted octanol–water partition coefficient (Wildman–Crippen LogP) is 1.44. The molecule has 1 fully saturated rings. The summed E-state index contributed by atoms with van der Waals surface area (Å²) in [5.74, 6) is 0.259. The molecular formula is C13H19N3O. The van der Waals surface area contributed by atoms with E-state index in [-0.39, 0.29) is 5.91 Å². The second kappa shape index (κ2) is 5.77. The summed E-state index contributed by atoms with van der Waals surface area (Å²) in [5, 5.41) is 0. The molecule has 2 N–H and O–H groups in total. The molecule has 4 nitrogen and oxygen atoms in total. The number of hydrogen-bond donors (Lipinski definition) is 1. The van der Waals surface area contributed by atoms with Gasteiger partial charge in [-0.3, -0.25) is 9.78 Å². The number of carbonyl (C=O) groups excluding carboxylic acids is 1. The minimum Gasteiger partial charge on any atom is -0.338 e. The summed E-state index contributed by atoms with van der Waals surface area (Å²) in [6.45, 7) is 1.94. The van der Waals surface area contributed by atoms with Crippen LogP contribution in [0.5, 0.6) is 0 Å². The summed E-state index contributed by atoms with van der Waals surface area (Å²) in [5.41, 5.74) is 7.62. The van der Waals surface area contributed by atoms with Gasteiger partial charge < -0.3 is 10.6 Å². The molecule has 1 aromatic rings. The van der Waals surface area contributed by atoms with Gasteiger partial charge in [0.05, 0.1) is 5.69 Å². The highest BCUT2D eigenvalue weighted by atomic mass is 16.2. The third-order valence-electron chi connectivity index (χ3n) is 3.21. The van der Waals surface area contributed by atoms with E-state index in [4.69, 9.17) is 5.73 Å². The molecule has 0 aliphatic carbocycles. The second-order valence-corrected chi connectivity index (χ2v) is 4.44. The van der Waals surface area contributed by atoms with E-state index in [9.17, 15) is 4.79 Å². The van der Waals surface area contributed by atoms with Gasteiger partial charge in [-0.2, -0.15) is 0 Å². The highest BCUT2D eigenvalue weighted by Gasteiger charge is 2.17. The van der Waals surface area contributed by atoms with Crippen LogP contribution in [0.25, 0.3) is 0 Å². The molecule has 0 atom stereocenters. The quantitative estimate of drug-likeness (QED) is 0.859. The van der Waals surface area contributed by atoms with E-state index in [0.717, 1.165) is 37.1 Å². The van der Waals surface area contributed by atoms with Crippen LogP contribution in [0.4, 0.5) is 0 Å². The SMILES string of the molecule is NCc1ncccc1CN1CCCCCC1=O. The summed E-state index contributed by atoms with van der Waals surface area (Å²) in [6.07, 6.45) is 5.70. The number of carbonyl (C=O) groups is 1. The van der Waals surface area contributed by atoms with Crippen molar-refractivity contribution in [2.75, 3.05) is 6.54 Å². The van der Waals surface area contributed by atoms with E-state index in [1.165, 1.54) is 0 Å². The maximum atomic E-state index is 11.9. The summed E-state index contributed by atoms with van der Waals surface area (Å²) < 4.78 is 0. The van der Waals surface area contributed by atoms with Crippen LogP contribution >= 0.6 is 0 Å². The van der Waals surface area contributed by atoms with Gasteiger partial charge >= 0.3 is 0 Å². The third kappa shape index (κ3) is 3.03. The number of rotatable bonds is 3. The smallest absolute Gasteiger partial charge is 0.222 e. The van der Waals surface area contributed by atoms with Crippen LogP contribution in [0.1, 0.15) is 36.9 Å². The van der Waals surface area contributed by atoms with Crippen molar-refractivity contribution in [2.45, 2.75) is 38.8 Å². The van der Waals surface area contributed by atoms with Crippen LogP contribution in [0.2, 0.25) is 0 Å². The zero-order valence-electron chi connectivity index (χ0n) is 10.1.